The molecule has 2 heterocycles. The van der Waals surface area contributed by atoms with E-state index in [1.807, 2.05) is 24.6 Å². The first-order valence-electron chi connectivity index (χ1n) is 10.6. The summed E-state index contributed by atoms with van der Waals surface area (Å²) in [5.74, 6) is 0.233. The Morgan fingerprint density at radius 3 is 2.54 bits per heavy atom. The summed E-state index contributed by atoms with van der Waals surface area (Å²) in [5.41, 5.74) is 1.01. The number of nitrogens with one attached hydrogen (secondary N) is 1. The third kappa shape index (κ3) is 7.36. The number of methoxy groups -OCH3 is 1. The van der Waals surface area contributed by atoms with E-state index in [0.717, 1.165) is 23.9 Å². The van der Waals surface area contributed by atoms with Gasteiger partial charge >= 0.3 is 6.36 Å². The van der Waals surface area contributed by atoms with Crippen LogP contribution in [0.3, 0.4) is 0 Å². The molecule has 10 nitrogen and oxygen atoms in total. The van der Waals surface area contributed by atoms with Crippen LogP contribution in [0.25, 0.3) is 11.4 Å². The molecule has 0 spiro atoms. The Morgan fingerprint density at radius 1 is 1.17 bits per heavy atom. The molecule has 3 rings (SSSR count). The van der Waals surface area contributed by atoms with E-state index in [-0.39, 0.29) is 17.4 Å². The summed E-state index contributed by atoms with van der Waals surface area (Å²) in [7, 11) is 1.58. The molecule has 0 aliphatic carbocycles. The Kier molecular flexibility index (Phi) is 8.98. The number of nitrogens with zero attached hydrogens (tertiary/aromatic N) is 5. The van der Waals surface area contributed by atoms with Crippen LogP contribution in [0.1, 0.15) is 13.8 Å². The molecule has 2 aromatic heterocycles. The predicted octanol–water partition coefficient (Wildman–Crippen LogP) is 3.84. The van der Waals surface area contributed by atoms with E-state index in [1.165, 1.54) is 12.1 Å². The van der Waals surface area contributed by atoms with Gasteiger partial charge in [-0.05, 0) is 38.1 Å². The second-order valence-corrected chi connectivity index (χ2v) is 7.94. The number of anilines is 1. The van der Waals surface area contributed by atoms with Gasteiger partial charge in [0, 0.05) is 25.5 Å². The van der Waals surface area contributed by atoms with Gasteiger partial charge in [0.2, 0.25) is 11.8 Å². The maximum atomic E-state index is 12.4. The lowest BCUT2D eigenvalue weighted by atomic mass is 10.3. The number of aromatic nitrogens is 5. The van der Waals surface area contributed by atoms with Gasteiger partial charge in [-0.15, -0.1) is 28.5 Å². The maximum Gasteiger partial charge on any atom is 0.573 e. The summed E-state index contributed by atoms with van der Waals surface area (Å²) in [6.07, 6.45) is -2.96. The van der Waals surface area contributed by atoms with Gasteiger partial charge in [0.1, 0.15) is 11.3 Å². The van der Waals surface area contributed by atoms with Crippen LogP contribution >= 0.6 is 11.8 Å². The average Bonchev–Trinajstić information content (AvgIpc) is 3.40. The molecule has 0 atom stereocenters. The van der Waals surface area contributed by atoms with Crippen LogP contribution in [0.2, 0.25) is 0 Å². The van der Waals surface area contributed by atoms with Gasteiger partial charge in [-0.3, -0.25) is 14.0 Å². The zero-order valence-corrected chi connectivity index (χ0v) is 20.1. The van der Waals surface area contributed by atoms with Crippen molar-refractivity contribution in [3.05, 3.63) is 30.5 Å². The van der Waals surface area contributed by atoms with Gasteiger partial charge < -0.3 is 19.5 Å². The number of amides is 1. The molecule has 1 aromatic carbocycles. The zero-order valence-electron chi connectivity index (χ0n) is 19.3. The van der Waals surface area contributed by atoms with E-state index in [0.29, 0.717) is 54.4 Å². The number of alkyl halides is 3. The van der Waals surface area contributed by atoms with E-state index in [4.69, 9.17) is 9.47 Å². The smallest absolute Gasteiger partial charge is 0.476 e. The fourth-order valence-electron chi connectivity index (χ4n) is 3.01. The van der Waals surface area contributed by atoms with Crippen molar-refractivity contribution in [3.63, 3.8) is 0 Å². The summed E-state index contributed by atoms with van der Waals surface area (Å²) >= 11 is 1.16. The zero-order chi connectivity index (χ0) is 25.4. The molecule has 0 aliphatic heterocycles. The fraction of sp³-hybridized carbons (Fsp3) is 0.429. The summed E-state index contributed by atoms with van der Waals surface area (Å²) in [6.45, 7) is 5.73. The van der Waals surface area contributed by atoms with E-state index in [9.17, 15) is 18.0 Å². The van der Waals surface area contributed by atoms with Crippen molar-refractivity contribution in [3.8, 4) is 23.0 Å². The van der Waals surface area contributed by atoms with Crippen LogP contribution in [0, 0.1) is 0 Å². The highest BCUT2D eigenvalue weighted by Crippen LogP contribution is 2.31. The Balaban J connectivity index is 1.71. The topological polar surface area (TPSA) is 105 Å². The van der Waals surface area contributed by atoms with Crippen LogP contribution in [-0.2, 0) is 22.6 Å². The first kappa shape index (κ1) is 26.3. The van der Waals surface area contributed by atoms with Crippen LogP contribution in [0.4, 0.5) is 18.9 Å². The number of thioether (sulfide) groups is 1. The van der Waals surface area contributed by atoms with E-state index in [2.05, 4.69) is 25.3 Å². The van der Waals surface area contributed by atoms with Crippen molar-refractivity contribution in [2.24, 2.45) is 0 Å². The number of ether oxygens (including phenoxy) is 3. The lowest BCUT2D eigenvalue weighted by molar-refractivity contribution is -0.274. The van der Waals surface area contributed by atoms with Crippen molar-refractivity contribution in [1.82, 2.24) is 24.5 Å². The van der Waals surface area contributed by atoms with Gasteiger partial charge in [0.15, 0.2) is 11.0 Å². The maximum absolute atomic E-state index is 12.4. The SMILES string of the molecule is CCOc1nn(CC)cc1-c1nnc(SCC(=O)Nc2ccc(OC(F)(F)F)cc2)n1CCOC. The number of carbonyl (C=O) groups excluding carboxylic acids is 1. The van der Waals surface area contributed by atoms with Crippen LogP contribution in [0.5, 0.6) is 11.6 Å². The number of aryl methyl sites for hydroxylation is 1. The average molecular weight is 515 g/mol. The molecule has 0 aliphatic rings. The second kappa shape index (κ2) is 11.9. The highest BCUT2D eigenvalue weighted by molar-refractivity contribution is 7.99. The van der Waals surface area contributed by atoms with Crippen LogP contribution in [-0.4, -0.2) is 62.9 Å². The molecule has 0 saturated heterocycles. The van der Waals surface area contributed by atoms with Crippen LogP contribution < -0.4 is 14.8 Å². The first-order chi connectivity index (χ1) is 16.7. The summed E-state index contributed by atoms with van der Waals surface area (Å²) in [6, 6.07) is 4.89. The molecule has 0 radical (unpaired) electrons. The minimum absolute atomic E-state index is 0.00153. The Labute approximate surface area is 203 Å². The first-order valence-corrected chi connectivity index (χ1v) is 11.6. The lowest BCUT2D eigenvalue weighted by Crippen LogP contribution is -2.17. The number of rotatable bonds is 12. The molecule has 0 bridgehead atoms. The predicted molar refractivity (Wildman–Crippen MR) is 122 cm³/mol. The lowest BCUT2D eigenvalue weighted by Gasteiger charge is -2.11. The van der Waals surface area contributed by atoms with E-state index < -0.39 is 6.36 Å². The third-order valence-corrected chi connectivity index (χ3v) is 5.48. The number of halogens is 3. The number of hydrogen-bond donors (Lipinski definition) is 1. The van der Waals surface area contributed by atoms with Gasteiger partial charge in [0.05, 0.1) is 25.5 Å². The van der Waals surface area contributed by atoms with Gasteiger partial charge in [-0.2, -0.15) is 0 Å². The van der Waals surface area contributed by atoms with Gasteiger partial charge in [-0.25, -0.2) is 0 Å². The summed E-state index contributed by atoms with van der Waals surface area (Å²) in [5, 5.41) is 16.1. The minimum Gasteiger partial charge on any atom is -0.476 e. The number of benzene rings is 1. The Morgan fingerprint density at radius 2 is 1.91 bits per heavy atom. The molecule has 0 saturated carbocycles. The summed E-state index contributed by atoms with van der Waals surface area (Å²) < 4.78 is 55.1. The fourth-order valence-corrected chi connectivity index (χ4v) is 3.77. The standard InChI is InChI=1S/C21H25F3N6O4S/c1-4-29-12-16(19(28-29)33-5-2)18-26-27-20(30(18)10-11-32-3)35-13-17(31)25-14-6-8-15(9-7-14)34-21(22,23)24/h6-9,12H,4-5,10-11,13H2,1-3H3,(H,25,31). The van der Waals surface area contributed by atoms with Gasteiger partial charge in [0.25, 0.3) is 0 Å². The molecular formula is C21H25F3N6O4S. The largest absolute Gasteiger partial charge is 0.573 e. The molecular weight excluding hydrogens is 489 g/mol. The second-order valence-electron chi connectivity index (χ2n) is 7.00. The number of hydrogen-bond acceptors (Lipinski definition) is 8. The van der Waals surface area contributed by atoms with Crippen molar-refractivity contribution < 1.29 is 32.2 Å². The van der Waals surface area contributed by atoms with Crippen molar-refractivity contribution >= 4 is 23.4 Å². The molecule has 1 amide bonds. The van der Waals surface area contributed by atoms with Crippen molar-refractivity contribution in [2.75, 3.05) is 31.4 Å². The molecule has 1 N–H and O–H groups in total. The van der Waals surface area contributed by atoms with Crippen LogP contribution in [0.15, 0.2) is 35.6 Å². The molecule has 35 heavy (non-hydrogen) atoms. The minimum atomic E-state index is -4.78. The van der Waals surface area contributed by atoms with Gasteiger partial charge in [-0.1, -0.05) is 11.8 Å². The highest BCUT2D eigenvalue weighted by atomic mass is 32.2. The molecule has 14 heteroatoms. The highest BCUT2D eigenvalue weighted by Gasteiger charge is 2.31. The molecule has 0 unspecified atom stereocenters. The monoisotopic (exact) mass is 514 g/mol. The third-order valence-electron chi connectivity index (χ3n) is 4.51. The quantitative estimate of drug-likeness (QED) is 0.364. The van der Waals surface area contributed by atoms with Crippen molar-refractivity contribution in [1.29, 1.82) is 0 Å². The normalized spacial score (nSPS) is 11.5. The Bertz CT molecular complexity index is 1120. The Hall–Kier alpha value is -3.26. The number of carbonyl (C=O) groups is 1. The van der Waals surface area contributed by atoms with E-state index >= 15 is 0 Å². The van der Waals surface area contributed by atoms with Crippen molar-refractivity contribution in [2.45, 2.75) is 38.5 Å². The van der Waals surface area contributed by atoms with E-state index in [1.54, 1.807) is 11.8 Å². The molecule has 190 valence electrons. The molecule has 0 fully saturated rings. The summed E-state index contributed by atoms with van der Waals surface area (Å²) in [4.78, 5) is 12.4. The molecule has 3 aromatic rings.